The molecule has 1 saturated heterocycles. The number of hydrogen-bond acceptors (Lipinski definition) is 3. The Kier molecular flexibility index (Phi) is 5.22. The second-order valence-electron chi connectivity index (χ2n) is 4.74. The molecular weight excluding hydrogens is 204 g/mol. The van der Waals surface area contributed by atoms with Crippen molar-refractivity contribution in [3.63, 3.8) is 0 Å². The summed E-state index contributed by atoms with van der Waals surface area (Å²) in [5.74, 6) is 0.210. The number of ether oxygens (including phenoxy) is 1. The molecule has 0 aromatic heterocycles. The fraction of sp³-hybridized carbons (Fsp3) is 0.917. The van der Waals surface area contributed by atoms with Crippen molar-refractivity contribution in [3.8, 4) is 0 Å². The van der Waals surface area contributed by atoms with Gasteiger partial charge in [-0.3, -0.25) is 4.79 Å². The summed E-state index contributed by atoms with van der Waals surface area (Å²) in [7, 11) is 0. The van der Waals surface area contributed by atoms with Crippen LogP contribution in [0.4, 0.5) is 0 Å². The smallest absolute Gasteiger partial charge is 0.225 e. The van der Waals surface area contributed by atoms with Gasteiger partial charge < -0.3 is 15.0 Å². The molecule has 4 heteroatoms. The molecule has 1 N–H and O–H groups in total. The summed E-state index contributed by atoms with van der Waals surface area (Å²) in [6.45, 7) is 10.4. The first-order valence-electron chi connectivity index (χ1n) is 6.17. The molecule has 1 fully saturated rings. The van der Waals surface area contributed by atoms with Crippen molar-refractivity contribution in [2.24, 2.45) is 0 Å². The monoisotopic (exact) mass is 228 g/mol. The zero-order chi connectivity index (χ0) is 12.1. The molecule has 94 valence electrons. The zero-order valence-electron chi connectivity index (χ0n) is 10.8. The normalized spacial score (nSPS) is 26.2. The van der Waals surface area contributed by atoms with Gasteiger partial charge in [0.1, 0.15) is 0 Å². The molecule has 1 rings (SSSR count). The van der Waals surface area contributed by atoms with E-state index in [4.69, 9.17) is 4.74 Å². The highest BCUT2D eigenvalue weighted by Gasteiger charge is 2.27. The van der Waals surface area contributed by atoms with E-state index in [1.54, 1.807) is 0 Å². The third-order valence-corrected chi connectivity index (χ3v) is 3.12. The van der Waals surface area contributed by atoms with E-state index in [2.05, 4.69) is 19.2 Å². The number of rotatable bonds is 4. The average molecular weight is 228 g/mol. The second-order valence-corrected chi connectivity index (χ2v) is 4.74. The fourth-order valence-electron chi connectivity index (χ4n) is 1.93. The molecule has 0 aliphatic carbocycles. The van der Waals surface area contributed by atoms with Gasteiger partial charge in [0.2, 0.25) is 5.91 Å². The Morgan fingerprint density at radius 3 is 2.81 bits per heavy atom. The lowest BCUT2D eigenvalue weighted by Crippen LogP contribution is -2.57. The summed E-state index contributed by atoms with van der Waals surface area (Å²) >= 11 is 0. The van der Waals surface area contributed by atoms with E-state index in [9.17, 15) is 4.79 Å². The molecule has 0 radical (unpaired) electrons. The first-order valence-corrected chi connectivity index (χ1v) is 6.17. The minimum Gasteiger partial charge on any atom is -0.378 e. The third-order valence-electron chi connectivity index (χ3n) is 3.12. The van der Waals surface area contributed by atoms with Crippen LogP contribution in [0.5, 0.6) is 0 Å². The Hall–Kier alpha value is -0.610. The van der Waals surface area contributed by atoms with Crippen LogP contribution in [0.2, 0.25) is 0 Å². The van der Waals surface area contributed by atoms with Crippen LogP contribution < -0.4 is 5.32 Å². The SMILES string of the molecule is CC(C)OCCC(=O)N1CCNC(C)C1C. The van der Waals surface area contributed by atoms with Crippen LogP contribution in [-0.2, 0) is 9.53 Å². The molecule has 0 aromatic carbocycles. The molecule has 1 aliphatic heterocycles. The first-order chi connectivity index (χ1) is 7.52. The van der Waals surface area contributed by atoms with E-state index in [1.165, 1.54) is 0 Å². The highest BCUT2D eigenvalue weighted by atomic mass is 16.5. The van der Waals surface area contributed by atoms with Gasteiger partial charge in [-0.25, -0.2) is 0 Å². The van der Waals surface area contributed by atoms with Gasteiger partial charge in [0.15, 0.2) is 0 Å². The standard InChI is InChI=1S/C12H24N2O2/c1-9(2)16-8-5-12(15)14-7-6-13-10(3)11(14)4/h9-11,13H,5-8H2,1-4H3. The van der Waals surface area contributed by atoms with Crippen LogP contribution in [-0.4, -0.2) is 48.7 Å². The maximum Gasteiger partial charge on any atom is 0.225 e. The molecule has 0 bridgehead atoms. The van der Waals surface area contributed by atoms with Gasteiger partial charge in [-0.2, -0.15) is 0 Å². The third kappa shape index (κ3) is 3.76. The van der Waals surface area contributed by atoms with E-state index >= 15 is 0 Å². The molecule has 1 aliphatic rings. The number of nitrogens with zero attached hydrogens (tertiary/aromatic N) is 1. The van der Waals surface area contributed by atoms with Crippen LogP contribution >= 0.6 is 0 Å². The number of carbonyl (C=O) groups is 1. The van der Waals surface area contributed by atoms with Gasteiger partial charge in [-0.1, -0.05) is 0 Å². The summed E-state index contributed by atoms with van der Waals surface area (Å²) < 4.78 is 5.40. The van der Waals surface area contributed by atoms with Crippen LogP contribution in [0, 0.1) is 0 Å². The Morgan fingerprint density at radius 2 is 2.19 bits per heavy atom. The molecule has 2 unspecified atom stereocenters. The number of carbonyl (C=O) groups excluding carboxylic acids is 1. The van der Waals surface area contributed by atoms with Crippen molar-refractivity contribution < 1.29 is 9.53 Å². The summed E-state index contributed by atoms with van der Waals surface area (Å²) in [5.41, 5.74) is 0. The lowest BCUT2D eigenvalue weighted by atomic mass is 10.1. The highest BCUT2D eigenvalue weighted by molar-refractivity contribution is 5.76. The Bertz CT molecular complexity index is 231. The summed E-state index contributed by atoms with van der Waals surface area (Å²) in [6.07, 6.45) is 0.696. The van der Waals surface area contributed by atoms with Crippen molar-refractivity contribution in [1.29, 1.82) is 0 Å². The van der Waals surface area contributed by atoms with Crippen LogP contribution in [0.25, 0.3) is 0 Å². The molecule has 0 spiro atoms. The van der Waals surface area contributed by atoms with E-state index < -0.39 is 0 Å². The molecule has 4 nitrogen and oxygen atoms in total. The van der Waals surface area contributed by atoms with Gasteiger partial charge in [0, 0.05) is 25.2 Å². The van der Waals surface area contributed by atoms with Crippen LogP contribution in [0.1, 0.15) is 34.1 Å². The Balaban J connectivity index is 2.35. The second kappa shape index (κ2) is 6.21. The molecule has 1 amide bonds. The summed E-state index contributed by atoms with van der Waals surface area (Å²) in [4.78, 5) is 13.9. The Morgan fingerprint density at radius 1 is 1.50 bits per heavy atom. The number of nitrogens with one attached hydrogen (secondary N) is 1. The predicted molar refractivity (Wildman–Crippen MR) is 64.3 cm³/mol. The van der Waals surface area contributed by atoms with E-state index in [0.29, 0.717) is 19.1 Å². The summed E-state index contributed by atoms with van der Waals surface area (Å²) in [6, 6.07) is 0.656. The van der Waals surface area contributed by atoms with Crippen molar-refractivity contribution in [3.05, 3.63) is 0 Å². The van der Waals surface area contributed by atoms with E-state index in [1.807, 2.05) is 18.7 Å². The van der Waals surface area contributed by atoms with Crippen LogP contribution in [0.15, 0.2) is 0 Å². The number of amides is 1. The Labute approximate surface area is 98.3 Å². The van der Waals surface area contributed by atoms with Crippen molar-refractivity contribution in [2.45, 2.75) is 52.3 Å². The molecule has 1 heterocycles. The zero-order valence-corrected chi connectivity index (χ0v) is 10.8. The van der Waals surface area contributed by atoms with Crippen molar-refractivity contribution in [2.75, 3.05) is 19.7 Å². The van der Waals surface area contributed by atoms with Gasteiger partial charge in [-0.15, -0.1) is 0 Å². The van der Waals surface area contributed by atoms with Gasteiger partial charge >= 0.3 is 0 Å². The lowest BCUT2D eigenvalue weighted by molar-refractivity contribution is -0.136. The van der Waals surface area contributed by atoms with Crippen LogP contribution in [0.3, 0.4) is 0 Å². The maximum atomic E-state index is 12.0. The minimum atomic E-state index is 0.201. The molecule has 16 heavy (non-hydrogen) atoms. The predicted octanol–water partition coefficient (Wildman–Crippen LogP) is 1.01. The largest absolute Gasteiger partial charge is 0.378 e. The van der Waals surface area contributed by atoms with E-state index in [-0.39, 0.29) is 18.1 Å². The van der Waals surface area contributed by atoms with Gasteiger partial charge in [0.25, 0.3) is 0 Å². The van der Waals surface area contributed by atoms with Crippen molar-refractivity contribution >= 4 is 5.91 Å². The molecular formula is C12H24N2O2. The highest BCUT2D eigenvalue weighted by Crippen LogP contribution is 2.10. The molecule has 0 aromatic rings. The van der Waals surface area contributed by atoms with E-state index in [0.717, 1.165) is 13.1 Å². The fourth-order valence-corrected chi connectivity index (χ4v) is 1.93. The maximum absolute atomic E-state index is 12.0. The average Bonchev–Trinajstić information content (AvgIpc) is 2.21. The van der Waals surface area contributed by atoms with Gasteiger partial charge in [-0.05, 0) is 27.7 Å². The van der Waals surface area contributed by atoms with Crippen molar-refractivity contribution in [1.82, 2.24) is 10.2 Å². The first kappa shape index (κ1) is 13.5. The van der Waals surface area contributed by atoms with Gasteiger partial charge in [0.05, 0.1) is 19.1 Å². The summed E-state index contributed by atoms with van der Waals surface area (Å²) in [5, 5.41) is 3.37. The topological polar surface area (TPSA) is 41.6 Å². The minimum absolute atomic E-state index is 0.201. The molecule has 2 atom stereocenters. The lowest BCUT2D eigenvalue weighted by Gasteiger charge is -2.38. The number of piperazine rings is 1. The molecule has 0 saturated carbocycles. The number of hydrogen-bond donors (Lipinski definition) is 1. The quantitative estimate of drug-likeness (QED) is 0.781.